The van der Waals surface area contributed by atoms with Gasteiger partial charge in [-0.25, -0.2) is 4.98 Å². The quantitative estimate of drug-likeness (QED) is 0.623. The van der Waals surface area contributed by atoms with Gasteiger partial charge in [-0.15, -0.1) is 0 Å². The normalized spacial score (nSPS) is 11.4. The molecule has 0 bridgehead atoms. The molecule has 1 heterocycles. The van der Waals surface area contributed by atoms with Gasteiger partial charge in [-0.3, -0.25) is 9.59 Å². The maximum Gasteiger partial charge on any atom is 0.325 e. The van der Waals surface area contributed by atoms with Crippen LogP contribution in [-0.4, -0.2) is 33.1 Å². The number of para-hydroxylation sites is 1. The van der Waals surface area contributed by atoms with Crippen LogP contribution in [0.4, 0.5) is 0 Å². The Morgan fingerprint density at radius 3 is 2.54 bits per heavy atom. The molecule has 1 aromatic heterocycles. The van der Waals surface area contributed by atoms with Gasteiger partial charge in [-0.05, 0) is 25.1 Å². The minimum absolute atomic E-state index is 0.132. The van der Waals surface area contributed by atoms with Gasteiger partial charge in [0.1, 0.15) is 23.6 Å². The predicted molar refractivity (Wildman–Crippen MR) is 99.2 cm³/mol. The highest BCUT2D eigenvalue weighted by atomic mass is 16.5. The first-order chi connectivity index (χ1) is 13.4. The summed E-state index contributed by atoms with van der Waals surface area (Å²) in [7, 11) is 0. The Morgan fingerprint density at radius 2 is 1.89 bits per heavy atom. The van der Waals surface area contributed by atoms with Gasteiger partial charge >= 0.3 is 5.97 Å². The predicted octanol–water partition coefficient (Wildman–Crippen LogP) is 2.81. The number of amides is 1. The van der Waals surface area contributed by atoms with Crippen molar-refractivity contribution in [3.63, 3.8) is 0 Å². The molecule has 1 atom stereocenters. The number of benzene rings is 2. The van der Waals surface area contributed by atoms with Gasteiger partial charge in [0.15, 0.2) is 17.1 Å². The van der Waals surface area contributed by atoms with Crippen LogP contribution in [0.1, 0.15) is 23.1 Å². The van der Waals surface area contributed by atoms with Crippen LogP contribution in [0, 0.1) is 11.3 Å². The van der Waals surface area contributed by atoms with Crippen LogP contribution >= 0.6 is 0 Å². The lowest BCUT2D eigenvalue weighted by atomic mass is 10.1. The second kappa shape index (κ2) is 7.63. The first-order valence-corrected chi connectivity index (χ1v) is 8.24. The number of nitrogens with one attached hydrogen (secondary N) is 1. The summed E-state index contributed by atoms with van der Waals surface area (Å²) in [5, 5.41) is 31.6. The molecule has 28 heavy (non-hydrogen) atoms. The van der Waals surface area contributed by atoms with Crippen molar-refractivity contribution in [2.45, 2.75) is 13.0 Å². The lowest BCUT2D eigenvalue weighted by Gasteiger charge is -2.14. The first-order valence-electron chi connectivity index (χ1n) is 8.24. The summed E-state index contributed by atoms with van der Waals surface area (Å²) in [6.45, 7) is 1.27. The van der Waals surface area contributed by atoms with Crippen LogP contribution in [-0.2, 0) is 4.79 Å². The molecule has 3 N–H and O–H groups in total. The number of fused-ring (bicyclic) bond motifs is 1. The van der Waals surface area contributed by atoms with E-state index in [9.17, 15) is 20.0 Å². The maximum absolute atomic E-state index is 12.3. The van der Waals surface area contributed by atoms with E-state index in [0.29, 0.717) is 5.75 Å². The van der Waals surface area contributed by atoms with E-state index >= 15 is 0 Å². The molecule has 0 aliphatic heterocycles. The highest BCUT2D eigenvalue weighted by Crippen LogP contribution is 2.37. The Labute approximate surface area is 159 Å². The van der Waals surface area contributed by atoms with Crippen molar-refractivity contribution in [1.29, 1.82) is 5.26 Å². The number of rotatable bonds is 5. The van der Waals surface area contributed by atoms with Gasteiger partial charge in [-0.2, -0.15) is 5.26 Å². The second-order valence-electron chi connectivity index (χ2n) is 5.90. The summed E-state index contributed by atoms with van der Waals surface area (Å²) in [4.78, 5) is 27.2. The zero-order valence-corrected chi connectivity index (χ0v) is 14.7. The molecule has 1 unspecified atom stereocenters. The van der Waals surface area contributed by atoms with Crippen molar-refractivity contribution < 1.29 is 24.5 Å². The topological polar surface area (TPSA) is 133 Å². The number of carboxylic acid groups (broad SMARTS) is 1. The van der Waals surface area contributed by atoms with Gasteiger partial charge in [0.05, 0.1) is 5.39 Å². The zero-order chi connectivity index (χ0) is 20.3. The highest BCUT2D eigenvalue weighted by molar-refractivity contribution is 6.05. The van der Waals surface area contributed by atoms with E-state index in [4.69, 9.17) is 9.84 Å². The van der Waals surface area contributed by atoms with Crippen molar-refractivity contribution in [3.05, 3.63) is 59.9 Å². The fourth-order valence-electron chi connectivity index (χ4n) is 2.59. The van der Waals surface area contributed by atoms with E-state index in [0.717, 1.165) is 0 Å². The fraction of sp³-hybridized carbons (Fsp3) is 0.100. The monoisotopic (exact) mass is 377 g/mol. The molecule has 0 fully saturated rings. The number of pyridine rings is 1. The lowest BCUT2D eigenvalue weighted by molar-refractivity contribution is -0.138. The number of nitriles is 1. The number of hydrogen-bond acceptors (Lipinski definition) is 6. The molecule has 0 aliphatic carbocycles. The standard InChI is InChI=1S/C20H15N3O5/c1-11(20(26)27)22-19(25)17-18(24)13-8-5-9-15(16(13)14(10-21)23-17)28-12-6-3-2-4-7-12/h2-9,11,24H,1H3,(H,22,25)(H,26,27). The molecule has 8 nitrogen and oxygen atoms in total. The van der Waals surface area contributed by atoms with Gasteiger partial charge in [0, 0.05) is 5.39 Å². The SMILES string of the molecule is CC(NC(=O)c1nc(C#N)c2c(Oc3ccccc3)cccc2c1O)C(=O)O. The smallest absolute Gasteiger partial charge is 0.325 e. The number of aromatic nitrogens is 1. The summed E-state index contributed by atoms with van der Waals surface area (Å²) in [5.74, 6) is -1.81. The van der Waals surface area contributed by atoms with Crippen molar-refractivity contribution in [3.8, 4) is 23.3 Å². The number of nitrogens with zero attached hydrogens (tertiary/aromatic N) is 2. The summed E-state index contributed by atoms with van der Waals surface area (Å²) < 4.78 is 5.81. The summed E-state index contributed by atoms with van der Waals surface area (Å²) in [5.41, 5.74) is -0.568. The number of ether oxygens (including phenoxy) is 1. The number of carbonyl (C=O) groups is 2. The van der Waals surface area contributed by atoms with E-state index in [1.165, 1.54) is 13.0 Å². The molecule has 0 radical (unpaired) electrons. The number of hydrogen-bond donors (Lipinski definition) is 3. The third-order valence-corrected chi connectivity index (χ3v) is 3.98. The van der Waals surface area contributed by atoms with E-state index in [1.807, 2.05) is 12.1 Å². The van der Waals surface area contributed by atoms with Crippen LogP contribution in [0.3, 0.4) is 0 Å². The van der Waals surface area contributed by atoms with Crippen molar-refractivity contribution in [2.24, 2.45) is 0 Å². The lowest BCUT2D eigenvalue weighted by Crippen LogP contribution is -2.38. The molecule has 3 aromatic rings. The van der Waals surface area contributed by atoms with Gasteiger partial charge in [0.2, 0.25) is 0 Å². The Hall–Kier alpha value is -4.12. The molecule has 0 spiro atoms. The van der Waals surface area contributed by atoms with Gasteiger partial charge < -0.3 is 20.3 Å². The third-order valence-electron chi connectivity index (χ3n) is 3.98. The van der Waals surface area contributed by atoms with Crippen LogP contribution in [0.5, 0.6) is 17.2 Å². The van der Waals surface area contributed by atoms with Crippen molar-refractivity contribution in [1.82, 2.24) is 10.3 Å². The number of carbonyl (C=O) groups excluding carboxylic acids is 1. The first kappa shape index (κ1) is 18.7. The highest BCUT2D eigenvalue weighted by Gasteiger charge is 2.24. The summed E-state index contributed by atoms with van der Waals surface area (Å²) in [6.07, 6.45) is 0. The van der Waals surface area contributed by atoms with Crippen LogP contribution in [0.2, 0.25) is 0 Å². The van der Waals surface area contributed by atoms with E-state index in [-0.39, 0.29) is 22.2 Å². The minimum Gasteiger partial charge on any atom is -0.505 e. The summed E-state index contributed by atoms with van der Waals surface area (Å²) in [6, 6.07) is 14.3. The Bertz CT molecular complexity index is 1110. The largest absolute Gasteiger partial charge is 0.505 e. The molecule has 1 amide bonds. The Kier molecular flexibility index (Phi) is 5.09. The van der Waals surface area contributed by atoms with E-state index < -0.39 is 29.4 Å². The molecule has 8 heteroatoms. The van der Waals surface area contributed by atoms with E-state index in [1.54, 1.807) is 36.4 Å². The molecule has 2 aromatic carbocycles. The Balaban J connectivity index is 2.12. The fourth-order valence-corrected chi connectivity index (χ4v) is 2.59. The molecular weight excluding hydrogens is 362 g/mol. The molecule has 0 aliphatic rings. The molecular formula is C20H15N3O5. The van der Waals surface area contributed by atoms with Gasteiger partial charge in [-0.1, -0.05) is 30.3 Å². The van der Waals surface area contributed by atoms with Crippen LogP contribution < -0.4 is 10.1 Å². The minimum atomic E-state index is -1.24. The van der Waals surface area contributed by atoms with Crippen molar-refractivity contribution in [2.75, 3.05) is 0 Å². The number of aromatic hydroxyl groups is 1. The average Bonchev–Trinajstić information content (AvgIpc) is 2.69. The number of carboxylic acids is 1. The third kappa shape index (κ3) is 3.54. The van der Waals surface area contributed by atoms with E-state index in [2.05, 4.69) is 10.3 Å². The van der Waals surface area contributed by atoms with Crippen LogP contribution in [0.25, 0.3) is 10.8 Å². The van der Waals surface area contributed by atoms with Gasteiger partial charge in [0.25, 0.3) is 5.91 Å². The molecule has 0 saturated carbocycles. The average molecular weight is 377 g/mol. The molecule has 3 rings (SSSR count). The zero-order valence-electron chi connectivity index (χ0n) is 14.7. The van der Waals surface area contributed by atoms with Crippen LogP contribution in [0.15, 0.2) is 48.5 Å². The Morgan fingerprint density at radius 1 is 1.18 bits per heavy atom. The molecule has 0 saturated heterocycles. The second-order valence-corrected chi connectivity index (χ2v) is 5.90. The summed E-state index contributed by atoms with van der Waals surface area (Å²) >= 11 is 0. The molecule has 140 valence electrons. The number of aliphatic carboxylic acids is 1. The maximum atomic E-state index is 12.3. The van der Waals surface area contributed by atoms with Crippen molar-refractivity contribution >= 4 is 22.6 Å².